The van der Waals surface area contributed by atoms with Crippen molar-refractivity contribution in [2.75, 3.05) is 37.2 Å². The zero-order valence-corrected chi connectivity index (χ0v) is 21.7. The summed E-state index contributed by atoms with van der Waals surface area (Å²) < 4.78 is 40.1. The number of methoxy groups -OCH3 is 1. The lowest BCUT2D eigenvalue weighted by Gasteiger charge is -2.36. The van der Waals surface area contributed by atoms with Gasteiger partial charge in [0.25, 0.3) is 11.5 Å². The van der Waals surface area contributed by atoms with Crippen molar-refractivity contribution in [3.63, 3.8) is 0 Å². The van der Waals surface area contributed by atoms with Crippen LogP contribution in [0.15, 0.2) is 44.5 Å². The first-order chi connectivity index (χ1) is 17.5. The molecule has 4 rings (SSSR count). The molecule has 198 valence electrons. The van der Waals surface area contributed by atoms with E-state index < -0.39 is 45.1 Å². The van der Waals surface area contributed by atoms with Gasteiger partial charge in [-0.3, -0.25) is 14.4 Å². The Labute approximate surface area is 213 Å². The minimum Gasteiger partial charge on any atom is -0.481 e. The van der Waals surface area contributed by atoms with Crippen LogP contribution in [-0.2, 0) is 22.4 Å². The van der Waals surface area contributed by atoms with E-state index in [1.54, 1.807) is 12.1 Å². The first-order valence-electron chi connectivity index (χ1n) is 11.6. The normalized spacial score (nSPS) is 15.7. The van der Waals surface area contributed by atoms with Gasteiger partial charge < -0.3 is 19.5 Å². The van der Waals surface area contributed by atoms with Crippen LogP contribution in [0.2, 0.25) is 0 Å². The third-order valence-corrected chi connectivity index (χ3v) is 9.34. The number of hydrogen-bond donors (Lipinski definition) is 2. The van der Waals surface area contributed by atoms with Crippen molar-refractivity contribution in [1.82, 2.24) is 15.0 Å². The highest BCUT2D eigenvalue weighted by Gasteiger charge is 2.37. The maximum atomic E-state index is 15.0. The van der Waals surface area contributed by atoms with Crippen LogP contribution >= 0.6 is 10.0 Å². The number of carbonyl (C=O) groups is 2. The standard InChI is InChI=1S/C25H28F2N4O5S/c1-5-37(3,4)24-17(26)10-14(11-18(24)27)28-25(34)23-16-6-7-21(35-2)29-19(16)8-9-31(23)22(33)13-15-12-20(32)30-36-15/h6-7,10-12,23H,5,8-9,13H2,1-4H3,(H,28,34)(H,30,32)/t23-/m1/s1. The number of nitrogens with zero attached hydrogens (tertiary/aromatic N) is 2. The number of amides is 2. The molecule has 12 heteroatoms. The van der Waals surface area contributed by atoms with Crippen molar-refractivity contribution in [3.05, 3.63) is 69.3 Å². The molecule has 2 N–H and O–H groups in total. The van der Waals surface area contributed by atoms with Crippen molar-refractivity contribution in [2.24, 2.45) is 0 Å². The molecule has 1 atom stereocenters. The molecule has 3 heterocycles. The van der Waals surface area contributed by atoms with Gasteiger partial charge >= 0.3 is 0 Å². The van der Waals surface area contributed by atoms with Gasteiger partial charge in [-0.1, -0.05) is 6.92 Å². The fourth-order valence-corrected chi connectivity index (χ4v) is 5.77. The third kappa shape index (κ3) is 5.38. The molecular weight excluding hydrogens is 506 g/mol. The summed E-state index contributed by atoms with van der Waals surface area (Å²) in [7, 11) is -0.221. The average Bonchev–Trinajstić information content (AvgIpc) is 3.26. The summed E-state index contributed by atoms with van der Waals surface area (Å²) in [5.41, 5.74) is 0.478. The molecule has 1 aromatic carbocycles. The van der Waals surface area contributed by atoms with E-state index in [4.69, 9.17) is 9.26 Å². The van der Waals surface area contributed by atoms with E-state index in [-0.39, 0.29) is 29.3 Å². The Morgan fingerprint density at radius 2 is 1.95 bits per heavy atom. The number of carbonyl (C=O) groups excluding carboxylic acids is 2. The first-order valence-corrected chi connectivity index (χ1v) is 14.2. The fraction of sp³-hybridized carbons (Fsp3) is 0.360. The van der Waals surface area contributed by atoms with E-state index in [0.29, 0.717) is 29.3 Å². The van der Waals surface area contributed by atoms with Crippen molar-refractivity contribution in [3.8, 4) is 5.88 Å². The molecule has 0 aliphatic carbocycles. The molecule has 0 fully saturated rings. The van der Waals surface area contributed by atoms with Gasteiger partial charge in [0.2, 0.25) is 11.8 Å². The van der Waals surface area contributed by atoms with Crippen LogP contribution in [-0.4, -0.2) is 58.8 Å². The van der Waals surface area contributed by atoms with Crippen molar-refractivity contribution < 1.29 is 27.6 Å². The number of nitrogens with one attached hydrogen (secondary N) is 2. The molecule has 2 amide bonds. The first kappa shape index (κ1) is 26.4. The number of hydrogen-bond acceptors (Lipinski definition) is 6. The van der Waals surface area contributed by atoms with Gasteiger partial charge in [-0.05, 0) is 36.5 Å². The molecule has 0 spiro atoms. The highest BCUT2D eigenvalue weighted by molar-refractivity contribution is 8.32. The Hall–Kier alpha value is -3.67. The van der Waals surface area contributed by atoms with Gasteiger partial charge in [-0.15, -0.1) is 0 Å². The largest absolute Gasteiger partial charge is 0.481 e. The molecule has 2 aromatic heterocycles. The van der Waals surface area contributed by atoms with Crippen LogP contribution < -0.4 is 15.6 Å². The van der Waals surface area contributed by atoms with Gasteiger partial charge in [0.05, 0.1) is 24.1 Å². The molecular formula is C25H28F2N4O5S. The van der Waals surface area contributed by atoms with Crippen LogP contribution in [0.4, 0.5) is 14.5 Å². The molecule has 0 bridgehead atoms. The number of pyridine rings is 1. The monoisotopic (exact) mass is 534 g/mol. The van der Waals surface area contributed by atoms with Crippen LogP contribution in [0.1, 0.15) is 30.0 Å². The van der Waals surface area contributed by atoms with E-state index in [9.17, 15) is 23.2 Å². The molecule has 3 aromatic rings. The van der Waals surface area contributed by atoms with E-state index in [2.05, 4.69) is 15.5 Å². The smallest absolute Gasteiger partial charge is 0.280 e. The molecule has 0 saturated heterocycles. The second kappa shape index (κ2) is 10.4. The second-order valence-electron chi connectivity index (χ2n) is 9.07. The topological polar surface area (TPSA) is 118 Å². The van der Waals surface area contributed by atoms with Crippen LogP contribution in [0, 0.1) is 11.6 Å². The molecule has 1 aliphatic heterocycles. The zero-order valence-electron chi connectivity index (χ0n) is 20.9. The molecule has 0 radical (unpaired) electrons. The number of ether oxygens (including phenoxy) is 1. The Bertz CT molecular complexity index is 1380. The highest BCUT2D eigenvalue weighted by Crippen LogP contribution is 2.51. The summed E-state index contributed by atoms with van der Waals surface area (Å²) in [5.74, 6) is -1.52. The Morgan fingerprint density at radius 1 is 1.24 bits per heavy atom. The van der Waals surface area contributed by atoms with Gasteiger partial charge in [0.15, 0.2) is 0 Å². The van der Waals surface area contributed by atoms with E-state index in [1.807, 2.05) is 19.4 Å². The lowest BCUT2D eigenvalue weighted by Crippen LogP contribution is -2.46. The maximum absolute atomic E-state index is 15.0. The maximum Gasteiger partial charge on any atom is 0.280 e. The fourth-order valence-electron chi connectivity index (χ4n) is 4.30. The molecule has 1 aliphatic rings. The third-order valence-electron chi connectivity index (χ3n) is 6.40. The van der Waals surface area contributed by atoms with Gasteiger partial charge in [-0.25, -0.2) is 23.8 Å². The number of aromatic amines is 1. The summed E-state index contributed by atoms with van der Waals surface area (Å²) in [4.78, 5) is 43.9. The summed E-state index contributed by atoms with van der Waals surface area (Å²) >= 11 is 0. The SMILES string of the molecule is CCS(C)(C)c1c(F)cc(NC(=O)[C@H]2c3ccc(OC)nc3CCN2C(=O)Cc2cc(=O)[nH]o2)cc1F. The lowest BCUT2D eigenvalue weighted by molar-refractivity contribution is -0.139. The quantitative estimate of drug-likeness (QED) is 0.480. The van der Waals surface area contributed by atoms with Crippen LogP contribution in [0.5, 0.6) is 5.88 Å². The highest BCUT2D eigenvalue weighted by atomic mass is 32.3. The zero-order chi connectivity index (χ0) is 26.9. The minimum absolute atomic E-state index is 0.0251. The van der Waals surface area contributed by atoms with Gasteiger partial charge in [0, 0.05) is 36.3 Å². The molecule has 0 saturated carbocycles. The van der Waals surface area contributed by atoms with Gasteiger partial charge in [0.1, 0.15) is 23.4 Å². The van der Waals surface area contributed by atoms with E-state index in [1.165, 1.54) is 12.0 Å². The van der Waals surface area contributed by atoms with E-state index >= 15 is 0 Å². The van der Waals surface area contributed by atoms with Crippen molar-refractivity contribution >= 4 is 27.5 Å². The van der Waals surface area contributed by atoms with Gasteiger partial charge in [-0.2, -0.15) is 5.16 Å². The number of benzene rings is 1. The van der Waals surface area contributed by atoms with E-state index in [0.717, 1.165) is 18.2 Å². The summed E-state index contributed by atoms with van der Waals surface area (Å²) in [5, 5.41) is 4.70. The van der Waals surface area contributed by atoms with Crippen LogP contribution in [0.25, 0.3) is 0 Å². The second-order valence-corrected chi connectivity index (χ2v) is 13.1. The van der Waals surface area contributed by atoms with Crippen molar-refractivity contribution in [1.29, 1.82) is 0 Å². The number of aromatic nitrogens is 2. The summed E-state index contributed by atoms with van der Waals surface area (Å²) in [6, 6.07) is 5.42. The predicted molar refractivity (Wildman–Crippen MR) is 135 cm³/mol. The predicted octanol–water partition coefficient (Wildman–Crippen LogP) is 3.40. The Morgan fingerprint density at radius 3 is 2.54 bits per heavy atom. The minimum atomic E-state index is -1.69. The summed E-state index contributed by atoms with van der Waals surface area (Å²) in [6.45, 7) is 2.02. The Balaban J connectivity index is 1.68. The number of H-pyrrole nitrogens is 1. The Kier molecular flexibility index (Phi) is 7.39. The number of fused-ring (bicyclic) bond motifs is 1. The number of anilines is 1. The molecule has 9 nitrogen and oxygen atoms in total. The molecule has 0 unspecified atom stereocenters. The summed E-state index contributed by atoms with van der Waals surface area (Å²) in [6.07, 6.45) is 3.74. The van der Waals surface area contributed by atoms with Crippen molar-refractivity contribution in [2.45, 2.75) is 30.7 Å². The lowest BCUT2D eigenvalue weighted by atomic mass is 9.95. The molecule has 37 heavy (non-hydrogen) atoms. The van der Waals surface area contributed by atoms with Crippen LogP contribution in [0.3, 0.4) is 0 Å². The number of rotatable bonds is 7. The average molecular weight is 535 g/mol. The number of halogens is 2.